The number of azide groups is 1. The third-order valence-electron chi connectivity index (χ3n) is 3.45. The van der Waals surface area contributed by atoms with Gasteiger partial charge in [0.2, 0.25) is 0 Å². The van der Waals surface area contributed by atoms with Crippen LogP contribution in [0.2, 0.25) is 0 Å². The summed E-state index contributed by atoms with van der Waals surface area (Å²) in [4.78, 5) is 2.79. The fourth-order valence-electron chi connectivity index (χ4n) is 2.40. The topological polar surface area (TPSA) is 78.2 Å². The summed E-state index contributed by atoms with van der Waals surface area (Å²) in [5, 5.41) is 13.9. The Kier molecular flexibility index (Phi) is 4.20. The van der Waals surface area contributed by atoms with E-state index in [1.807, 2.05) is 37.3 Å². The second kappa shape index (κ2) is 5.87. The van der Waals surface area contributed by atoms with Gasteiger partial charge < -0.3 is 9.84 Å². The fourth-order valence-corrected chi connectivity index (χ4v) is 2.40. The van der Waals surface area contributed by atoms with E-state index in [9.17, 15) is 5.11 Å². The molecule has 1 heterocycles. The summed E-state index contributed by atoms with van der Waals surface area (Å²) >= 11 is 0. The van der Waals surface area contributed by atoms with Crippen molar-refractivity contribution in [2.45, 2.75) is 31.6 Å². The molecule has 0 amide bonds. The van der Waals surface area contributed by atoms with E-state index in [-0.39, 0.29) is 12.0 Å². The molecule has 1 saturated heterocycles. The van der Waals surface area contributed by atoms with Crippen LogP contribution in [0.25, 0.3) is 10.4 Å². The number of aliphatic hydroxyl groups excluding tert-OH is 1. The molecule has 5 nitrogen and oxygen atoms in total. The summed E-state index contributed by atoms with van der Waals surface area (Å²) in [6.07, 6.45) is -0.271. The quantitative estimate of drug-likeness (QED) is 0.495. The van der Waals surface area contributed by atoms with Crippen molar-refractivity contribution < 1.29 is 9.84 Å². The first-order valence-corrected chi connectivity index (χ1v) is 6.13. The zero-order valence-electron chi connectivity index (χ0n) is 10.3. The molecule has 0 spiro atoms. The maximum Gasteiger partial charge on any atom is 0.0875 e. The molecule has 1 fully saturated rings. The van der Waals surface area contributed by atoms with E-state index in [0.29, 0.717) is 13.0 Å². The number of rotatable bonds is 2. The molecule has 18 heavy (non-hydrogen) atoms. The van der Waals surface area contributed by atoms with Gasteiger partial charge in [-0.15, -0.1) is 0 Å². The van der Waals surface area contributed by atoms with E-state index in [1.165, 1.54) is 0 Å². The van der Waals surface area contributed by atoms with E-state index in [0.717, 1.165) is 5.56 Å². The molecule has 0 bridgehead atoms. The van der Waals surface area contributed by atoms with Crippen LogP contribution in [0, 0.1) is 5.92 Å². The summed E-state index contributed by atoms with van der Waals surface area (Å²) in [6.45, 7) is 2.41. The maximum atomic E-state index is 10.2. The zero-order chi connectivity index (χ0) is 13.0. The van der Waals surface area contributed by atoms with Crippen LogP contribution in [0.5, 0.6) is 0 Å². The molecule has 0 unspecified atom stereocenters. The van der Waals surface area contributed by atoms with Crippen molar-refractivity contribution in [1.82, 2.24) is 0 Å². The Bertz CT molecular complexity index is 431. The van der Waals surface area contributed by atoms with Gasteiger partial charge in [0.15, 0.2) is 0 Å². The summed E-state index contributed by atoms with van der Waals surface area (Å²) in [7, 11) is 0. The van der Waals surface area contributed by atoms with Crippen LogP contribution in [-0.4, -0.2) is 23.9 Å². The van der Waals surface area contributed by atoms with Gasteiger partial charge in [0.25, 0.3) is 0 Å². The van der Waals surface area contributed by atoms with E-state index in [2.05, 4.69) is 10.0 Å². The van der Waals surface area contributed by atoms with Gasteiger partial charge in [-0.3, -0.25) is 0 Å². The number of nitrogens with zero attached hydrogens (tertiary/aromatic N) is 3. The monoisotopic (exact) mass is 247 g/mol. The predicted octanol–water partition coefficient (Wildman–Crippen LogP) is 2.82. The normalized spacial score (nSPS) is 32.3. The van der Waals surface area contributed by atoms with Crippen molar-refractivity contribution in [3.05, 3.63) is 46.3 Å². The highest BCUT2D eigenvalue weighted by molar-refractivity contribution is 5.19. The van der Waals surface area contributed by atoms with Crippen LogP contribution in [0.3, 0.4) is 0 Å². The minimum absolute atomic E-state index is 0.106. The molecule has 1 aromatic rings. The van der Waals surface area contributed by atoms with Crippen LogP contribution in [0.15, 0.2) is 35.4 Å². The van der Waals surface area contributed by atoms with Gasteiger partial charge in [-0.25, -0.2) is 0 Å². The number of hydrogen-bond acceptors (Lipinski definition) is 3. The molecule has 1 N–H and O–H groups in total. The van der Waals surface area contributed by atoms with Gasteiger partial charge >= 0.3 is 0 Å². The Hall–Kier alpha value is -1.55. The summed E-state index contributed by atoms with van der Waals surface area (Å²) in [6, 6.07) is 9.42. The predicted molar refractivity (Wildman–Crippen MR) is 67.9 cm³/mol. The Labute approximate surface area is 106 Å². The van der Waals surface area contributed by atoms with Crippen molar-refractivity contribution >= 4 is 0 Å². The van der Waals surface area contributed by atoms with Crippen molar-refractivity contribution in [1.29, 1.82) is 0 Å². The third kappa shape index (κ3) is 2.64. The first-order valence-electron chi connectivity index (χ1n) is 6.13. The van der Waals surface area contributed by atoms with Gasteiger partial charge in [0.05, 0.1) is 18.2 Å². The summed E-state index contributed by atoms with van der Waals surface area (Å²) in [5.74, 6) is -0.106. The molecule has 0 aromatic heterocycles. The summed E-state index contributed by atoms with van der Waals surface area (Å²) in [5.41, 5.74) is 9.55. The van der Waals surface area contributed by atoms with E-state index >= 15 is 0 Å². The average molecular weight is 247 g/mol. The molecule has 1 aliphatic heterocycles. The van der Waals surface area contributed by atoms with Crippen molar-refractivity contribution in [2.75, 3.05) is 6.61 Å². The molecule has 5 heteroatoms. The number of ether oxygens (including phenoxy) is 1. The lowest BCUT2D eigenvalue weighted by molar-refractivity contribution is -0.00707. The molecule has 4 atom stereocenters. The molecule has 0 aliphatic carbocycles. The molecule has 1 aliphatic rings. The largest absolute Gasteiger partial charge is 0.392 e. The molecule has 0 radical (unpaired) electrons. The standard InChI is InChI=1S/C13H17N3O2/c1-9-12(17)11(15-16-14)7-8-18-13(9)10-5-3-2-4-6-10/h2-6,9,11-13,17H,7-8H2,1H3/t9-,11-,12-,13+/m0/s1. The molecule has 1 aromatic carbocycles. The molecule has 2 rings (SSSR count). The minimum Gasteiger partial charge on any atom is -0.392 e. The van der Waals surface area contributed by atoms with Gasteiger partial charge in [-0.2, -0.15) is 0 Å². The lowest BCUT2D eigenvalue weighted by Crippen LogP contribution is -2.31. The second-order valence-corrected chi connectivity index (χ2v) is 4.61. The van der Waals surface area contributed by atoms with Crippen LogP contribution in [0.1, 0.15) is 25.0 Å². The Morgan fingerprint density at radius 1 is 1.39 bits per heavy atom. The number of benzene rings is 1. The molecular formula is C13H17N3O2. The highest BCUT2D eigenvalue weighted by atomic mass is 16.5. The SMILES string of the molecule is C[C@H]1[C@H](O)[C@@H](N=[N+]=[N-])CCO[C@H]1c1ccccc1. The Morgan fingerprint density at radius 3 is 2.78 bits per heavy atom. The van der Waals surface area contributed by atoms with E-state index < -0.39 is 12.1 Å². The Morgan fingerprint density at radius 2 is 2.11 bits per heavy atom. The highest BCUT2D eigenvalue weighted by Gasteiger charge is 2.34. The maximum absolute atomic E-state index is 10.2. The first kappa shape index (κ1) is 12.9. The van der Waals surface area contributed by atoms with Crippen LogP contribution >= 0.6 is 0 Å². The second-order valence-electron chi connectivity index (χ2n) is 4.61. The van der Waals surface area contributed by atoms with Crippen molar-refractivity contribution in [3.63, 3.8) is 0 Å². The van der Waals surface area contributed by atoms with Gasteiger partial charge in [-0.05, 0) is 17.5 Å². The zero-order valence-corrected chi connectivity index (χ0v) is 10.3. The first-order chi connectivity index (χ1) is 8.74. The lowest BCUT2D eigenvalue weighted by atomic mass is 9.89. The van der Waals surface area contributed by atoms with Crippen LogP contribution in [0.4, 0.5) is 0 Å². The summed E-state index contributed by atoms with van der Waals surface area (Å²) < 4.78 is 5.80. The van der Waals surface area contributed by atoms with Crippen molar-refractivity contribution in [3.8, 4) is 0 Å². The van der Waals surface area contributed by atoms with Crippen LogP contribution in [-0.2, 0) is 4.74 Å². The molecular weight excluding hydrogens is 230 g/mol. The average Bonchev–Trinajstić information content (AvgIpc) is 2.54. The highest BCUT2D eigenvalue weighted by Crippen LogP contribution is 2.33. The van der Waals surface area contributed by atoms with Crippen molar-refractivity contribution in [2.24, 2.45) is 11.0 Å². The molecule has 96 valence electrons. The third-order valence-corrected chi connectivity index (χ3v) is 3.45. The van der Waals surface area contributed by atoms with Gasteiger partial charge in [-0.1, -0.05) is 42.4 Å². The Balaban J connectivity index is 2.22. The number of hydrogen-bond donors (Lipinski definition) is 1. The smallest absolute Gasteiger partial charge is 0.0875 e. The lowest BCUT2D eigenvalue weighted by Gasteiger charge is -2.26. The van der Waals surface area contributed by atoms with Gasteiger partial charge in [0, 0.05) is 17.4 Å². The minimum atomic E-state index is -0.673. The number of aliphatic hydroxyl groups is 1. The van der Waals surface area contributed by atoms with E-state index in [4.69, 9.17) is 10.3 Å². The van der Waals surface area contributed by atoms with Crippen LogP contribution < -0.4 is 0 Å². The van der Waals surface area contributed by atoms with Gasteiger partial charge in [0.1, 0.15) is 0 Å². The fraction of sp³-hybridized carbons (Fsp3) is 0.538. The molecule has 0 saturated carbocycles. The van der Waals surface area contributed by atoms with E-state index in [1.54, 1.807) is 0 Å².